The minimum absolute atomic E-state index is 0.00963. The number of unbranched alkanes of at least 4 members (excludes halogenated alkanes) is 3. The zero-order valence-electron chi connectivity index (χ0n) is 23.4. The van der Waals surface area contributed by atoms with E-state index in [0.717, 1.165) is 32.1 Å². The van der Waals surface area contributed by atoms with Crippen molar-refractivity contribution in [3.63, 3.8) is 0 Å². The maximum Gasteiger partial charge on any atom is 0.223 e. The van der Waals surface area contributed by atoms with Crippen LogP contribution in [0.15, 0.2) is 0 Å². The highest BCUT2D eigenvalue weighted by molar-refractivity contribution is 5.78. The minimum atomic E-state index is -1.32. The number of carbonyl (C=O) groups excluding carboxylic acids is 2. The Morgan fingerprint density at radius 1 is 0.778 bits per heavy atom. The van der Waals surface area contributed by atoms with E-state index in [9.17, 15) is 14.0 Å². The smallest absolute Gasteiger partial charge is 0.223 e. The van der Waals surface area contributed by atoms with Crippen LogP contribution in [-0.4, -0.2) is 89.5 Å². The fourth-order valence-corrected chi connectivity index (χ4v) is 3.48. The molecule has 1 amide bonds. The second-order valence-corrected chi connectivity index (χ2v) is 9.59. The number of carbonyl (C=O) groups is 2. The maximum atomic E-state index is 14.8. The number of halogens is 1. The van der Waals surface area contributed by atoms with E-state index >= 15 is 0 Å². The van der Waals surface area contributed by atoms with Crippen LogP contribution in [0.1, 0.15) is 79.6 Å². The van der Waals surface area contributed by atoms with E-state index in [0.29, 0.717) is 46.2 Å². The van der Waals surface area contributed by atoms with Gasteiger partial charge in [0, 0.05) is 5.92 Å². The van der Waals surface area contributed by atoms with E-state index in [1.54, 1.807) is 13.8 Å². The highest BCUT2D eigenvalue weighted by Gasteiger charge is 2.31. The number of Topliss-reactive ketones (excluding diaryl/α,β-unsaturated/α-hetero) is 1. The van der Waals surface area contributed by atoms with E-state index in [-0.39, 0.29) is 37.4 Å². The molecule has 0 aromatic carbocycles. The van der Waals surface area contributed by atoms with Gasteiger partial charge in [0.15, 0.2) is 5.78 Å². The highest BCUT2D eigenvalue weighted by atomic mass is 19.1. The van der Waals surface area contributed by atoms with Crippen LogP contribution in [0, 0.1) is 5.92 Å². The molecule has 2 unspecified atom stereocenters. The van der Waals surface area contributed by atoms with Crippen molar-refractivity contribution < 1.29 is 37.7 Å². The van der Waals surface area contributed by atoms with Gasteiger partial charge in [0.1, 0.15) is 12.8 Å². The van der Waals surface area contributed by atoms with E-state index in [2.05, 4.69) is 19.2 Å². The van der Waals surface area contributed by atoms with Crippen LogP contribution in [0.4, 0.5) is 4.39 Å². The average molecular weight is 522 g/mol. The lowest BCUT2D eigenvalue weighted by Gasteiger charge is -2.29. The first kappa shape index (κ1) is 34.9. The molecule has 0 saturated heterocycles. The van der Waals surface area contributed by atoms with E-state index in [1.807, 2.05) is 0 Å². The standard InChI is InChI=1S/C27H52FNO7/c1-6-8-9-10-12-24(11-7-2)26(31)29-21-25(28)27(4,5)36-20-19-34-16-15-32-13-14-33-17-18-35-22-23(3)30/h24-25H,6-22H2,1-5H3,(H,29,31). The summed E-state index contributed by atoms with van der Waals surface area (Å²) in [5.41, 5.74) is -1.03. The van der Waals surface area contributed by atoms with Crippen LogP contribution in [0.2, 0.25) is 0 Å². The van der Waals surface area contributed by atoms with Crippen LogP contribution in [-0.2, 0) is 33.3 Å². The Bertz CT molecular complexity index is 548. The molecule has 0 aromatic heterocycles. The average Bonchev–Trinajstić information content (AvgIpc) is 2.84. The topological polar surface area (TPSA) is 92.3 Å². The third-order valence-electron chi connectivity index (χ3n) is 5.75. The molecule has 0 fully saturated rings. The van der Waals surface area contributed by atoms with Crippen LogP contribution in [0.25, 0.3) is 0 Å². The summed E-state index contributed by atoms with van der Waals surface area (Å²) in [5, 5.41) is 2.80. The van der Waals surface area contributed by atoms with Crippen LogP contribution in [0.3, 0.4) is 0 Å². The van der Waals surface area contributed by atoms with E-state index < -0.39 is 11.8 Å². The summed E-state index contributed by atoms with van der Waals surface area (Å²) in [6.07, 6.45) is 5.85. The summed E-state index contributed by atoms with van der Waals surface area (Å²) in [4.78, 5) is 23.3. The number of hydrogen-bond donors (Lipinski definition) is 1. The molecule has 0 saturated carbocycles. The first-order valence-electron chi connectivity index (χ1n) is 13.6. The number of ketones is 1. The van der Waals surface area contributed by atoms with Crippen molar-refractivity contribution in [2.45, 2.75) is 91.3 Å². The summed E-state index contributed by atoms with van der Waals surface area (Å²) in [5.74, 6) is -0.108. The number of nitrogens with one attached hydrogen (secondary N) is 1. The Morgan fingerprint density at radius 3 is 1.86 bits per heavy atom. The lowest BCUT2D eigenvalue weighted by atomic mass is 9.95. The van der Waals surface area contributed by atoms with Gasteiger partial charge in [-0.1, -0.05) is 46.0 Å². The van der Waals surface area contributed by atoms with Crippen LogP contribution < -0.4 is 5.32 Å². The molecule has 8 nitrogen and oxygen atoms in total. The molecule has 214 valence electrons. The number of alkyl halides is 1. The quantitative estimate of drug-likeness (QED) is 0.170. The molecule has 0 heterocycles. The van der Waals surface area contributed by atoms with Gasteiger partial charge in [-0.3, -0.25) is 9.59 Å². The largest absolute Gasteiger partial charge is 0.377 e. The maximum absolute atomic E-state index is 14.8. The SMILES string of the molecule is CCCCCCC(CCC)C(=O)NCC(F)C(C)(C)OCCOCCOCCOCCOCC(C)=O. The van der Waals surface area contributed by atoms with Gasteiger partial charge < -0.3 is 29.0 Å². The Labute approximate surface area is 218 Å². The lowest BCUT2D eigenvalue weighted by Crippen LogP contribution is -2.45. The molecular weight excluding hydrogens is 469 g/mol. The Morgan fingerprint density at radius 2 is 1.33 bits per heavy atom. The Balaban J connectivity index is 3.85. The van der Waals surface area contributed by atoms with Gasteiger partial charge in [0.25, 0.3) is 0 Å². The molecule has 2 atom stereocenters. The monoisotopic (exact) mass is 521 g/mol. The first-order valence-corrected chi connectivity index (χ1v) is 13.6. The summed E-state index contributed by atoms with van der Waals surface area (Å²) in [7, 11) is 0. The van der Waals surface area contributed by atoms with Gasteiger partial charge in [-0.05, 0) is 33.6 Å². The molecule has 0 aromatic rings. The molecule has 0 aliphatic heterocycles. The fraction of sp³-hybridized carbons (Fsp3) is 0.926. The number of ether oxygens (including phenoxy) is 5. The van der Waals surface area contributed by atoms with Crippen molar-refractivity contribution in [2.24, 2.45) is 5.92 Å². The summed E-state index contributed by atoms with van der Waals surface area (Å²) in [6, 6.07) is 0. The van der Waals surface area contributed by atoms with Crippen molar-refractivity contribution in [2.75, 3.05) is 66.0 Å². The normalized spacial score (nSPS) is 13.5. The summed E-state index contributed by atoms with van der Waals surface area (Å²) in [6.45, 7) is 12.2. The second kappa shape index (κ2) is 23.0. The first-order chi connectivity index (χ1) is 17.2. The fourth-order valence-electron chi connectivity index (χ4n) is 3.48. The lowest BCUT2D eigenvalue weighted by molar-refractivity contribution is -0.127. The van der Waals surface area contributed by atoms with Crippen LogP contribution in [0.5, 0.6) is 0 Å². The predicted octanol–water partition coefficient (Wildman–Crippen LogP) is 4.28. The predicted molar refractivity (Wildman–Crippen MR) is 139 cm³/mol. The zero-order chi connectivity index (χ0) is 27.1. The van der Waals surface area contributed by atoms with E-state index in [1.165, 1.54) is 19.8 Å². The zero-order valence-corrected chi connectivity index (χ0v) is 23.4. The molecule has 1 N–H and O–H groups in total. The van der Waals surface area contributed by atoms with Gasteiger partial charge in [0.2, 0.25) is 5.91 Å². The van der Waals surface area contributed by atoms with Crippen molar-refractivity contribution in [1.29, 1.82) is 0 Å². The third-order valence-corrected chi connectivity index (χ3v) is 5.75. The number of hydrogen-bond acceptors (Lipinski definition) is 7. The van der Waals surface area contributed by atoms with Crippen molar-refractivity contribution in [3.05, 3.63) is 0 Å². The molecular formula is C27H52FNO7. The van der Waals surface area contributed by atoms with Gasteiger partial charge in [-0.15, -0.1) is 0 Å². The van der Waals surface area contributed by atoms with Crippen LogP contribution >= 0.6 is 0 Å². The summed E-state index contributed by atoms with van der Waals surface area (Å²) >= 11 is 0. The number of rotatable bonds is 26. The van der Waals surface area contributed by atoms with Gasteiger partial charge in [0.05, 0.1) is 65.0 Å². The van der Waals surface area contributed by atoms with Crippen molar-refractivity contribution >= 4 is 11.7 Å². The molecule has 0 aliphatic carbocycles. The van der Waals surface area contributed by atoms with Crippen molar-refractivity contribution in [1.82, 2.24) is 5.32 Å². The molecule has 9 heteroatoms. The molecule has 0 aliphatic rings. The second-order valence-electron chi connectivity index (χ2n) is 9.59. The summed E-state index contributed by atoms with van der Waals surface area (Å²) < 4.78 is 41.8. The van der Waals surface area contributed by atoms with Crippen molar-refractivity contribution in [3.8, 4) is 0 Å². The van der Waals surface area contributed by atoms with Gasteiger partial charge in [-0.25, -0.2) is 4.39 Å². The third kappa shape index (κ3) is 20.0. The number of amides is 1. The molecule has 0 bridgehead atoms. The highest BCUT2D eigenvalue weighted by Crippen LogP contribution is 2.19. The van der Waals surface area contributed by atoms with E-state index in [4.69, 9.17) is 23.7 Å². The Kier molecular flexibility index (Phi) is 22.3. The molecule has 0 rings (SSSR count). The van der Waals surface area contributed by atoms with Gasteiger partial charge in [-0.2, -0.15) is 0 Å². The molecule has 0 radical (unpaired) electrons. The molecule has 0 spiro atoms. The Hall–Kier alpha value is -1.13. The molecule has 36 heavy (non-hydrogen) atoms. The van der Waals surface area contributed by atoms with Gasteiger partial charge >= 0.3 is 0 Å². The minimum Gasteiger partial charge on any atom is -0.377 e.